The first-order valence-electron chi connectivity index (χ1n) is 7.31. The molecule has 5 nitrogen and oxygen atoms in total. The number of amides is 1. The molecule has 2 aromatic rings. The molecule has 0 N–H and O–H groups in total. The van der Waals surface area contributed by atoms with Crippen LogP contribution in [0, 0.1) is 6.92 Å². The lowest BCUT2D eigenvalue weighted by molar-refractivity contribution is 0.0585. The number of carbonyl (C=O) groups excluding carboxylic acids is 1. The Hall–Kier alpha value is -2.21. The van der Waals surface area contributed by atoms with Crippen LogP contribution in [0.15, 0.2) is 37.2 Å². The van der Waals surface area contributed by atoms with Crippen molar-refractivity contribution in [3.63, 3.8) is 0 Å². The Kier molecular flexibility index (Phi) is 5.15. The molecule has 0 bridgehead atoms. The van der Waals surface area contributed by atoms with E-state index >= 15 is 0 Å². The molecule has 0 aliphatic carbocycles. The molecule has 122 valence electrons. The zero-order valence-electron chi connectivity index (χ0n) is 13.9. The molecule has 1 amide bonds. The van der Waals surface area contributed by atoms with Gasteiger partial charge >= 0.3 is 6.09 Å². The van der Waals surface area contributed by atoms with Crippen LogP contribution in [-0.2, 0) is 4.74 Å². The van der Waals surface area contributed by atoms with E-state index in [-0.39, 0.29) is 0 Å². The Balaban J connectivity index is 2.35. The molecule has 0 saturated heterocycles. The van der Waals surface area contributed by atoms with Crippen LogP contribution in [0.1, 0.15) is 26.5 Å². The summed E-state index contributed by atoms with van der Waals surface area (Å²) in [4.78, 5) is 22.7. The van der Waals surface area contributed by atoms with Crippen LogP contribution in [0.3, 0.4) is 0 Å². The predicted molar refractivity (Wildman–Crippen MR) is 93.9 cm³/mol. The molecule has 0 aromatic carbocycles. The Labute approximate surface area is 140 Å². The van der Waals surface area contributed by atoms with Gasteiger partial charge in [0.1, 0.15) is 15.6 Å². The van der Waals surface area contributed by atoms with E-state index in [0.717, 1.165) is 21.3 Å². The molecule has 0 atom stereocenters. The van der Waals surface area contributed by atoms with Crippen molar-refractivity contribution < 1.29 is 9.53 Å². The Bertz CT molecular complexity index is 690. The second-order valence-corrected chi connectivity index (χ2v) is 7.01. The molecular formula is C17H21N3O2S. The number of aryl methyl sites for hydroxylation is 1. The van der Waals surface area contributed by atoms with Gasteiger partial charge in [-0.3, -0.25) is 9.88 Å². The maximum atomic E-state index is 12.5. The predicted octanol–water partition coefficient (Wildman–Crippen LogP) is 4.44. The van der Waals surface area contributed by atoms with Crippen LogP contribution in [0.2, 0.25) is 0 Å². The molecule has 0 unspecified atom stereocenters. The number of anilines is 1. The van der Waals surface area contributed by atoms with Crippen molar-refractivity contribution in [1.82, 2.24) is 9.97 Å². The summed E-state index contributed by atoms with van der Waals surface area (Å²) in [5, 5.41) is 1.58. The summed E-state index contributed by atoms with van der Waals surface area (Å²) in [7, 11) is 0. The Morgan fingerprint density at radius 1 is 1.48 bits per heavy atom. The van der Waals surface area contributed by atoms with Gasteiger partial charge in [0.2, 0.25) is 0 Å². The number of carbonyl (C=O) groups is 1. The second kappa shape index (κ2) is 6.91. The van der Waals surface area contributed by atoms with Gasteiger partial charge in [0.05, 0.1) is 5.69 Å². The normalized spacial score (nSPS) is 11.1. The maximum Gasteiger partial charge on any atom is 0.415 e. The lowest BCUT2D eigenvalue weighted by atomic mass is 10.2. The van der Waals surface area contributed by atoms with E-state index in [4.69, 9.17) is 4.74 Å². The van der Waals surface area contributed by atoms with Gasteiger partial charge in [-0.1, -0.05) is 17.4 Å². The van der Waals surface area contributed by atoms with Crippen molar-refractivity contribution in [2.75, 3.05) is 11.4 Å². The van der Waals surface area contributed by atoms with Crippen LogP contribution >= 0.6 is 11.3 Å². The van der Waals surface area contributed by atoms with Gasteiger partial charge in [0.25, 0.3) is 0 Å². The highest BCUT2D eigenvalue weighted by Crippen LogP contribution is 2.34. The summed E-state index contributed by atoms with van der Waals surface area (Å²) in [6.07, 6.45) is 4.75. The Morgan fingerprint density at radius 2 is 2.22 bits per heavy atom. The smallest absolute Gasteiger partial charge is 0.415 e. The van der Waals surface area contributed by atoms with Gasteiger partial charge in [-0.15, -0.1) is 6.58 Å². The summed E-state index contributed by atoms with van der Waals surface area (Å²) in [6, 6.07) is 3.81. The highest BCUT2D eigenvalue weighted by atomic mass is 32.1. The number of rotatable bonds is 4. The van der Waals surface area contributed by atoms with Gasteiger partial charge < -0.3 is 4.74 Å². The number of ether oxygens (including phenoxy) is 1. The van der Waals surface area contributed by atoms with E-state index in [1.807, 2.05) is 39.8 Å². The van der Waals surface area contributed by atoms with Crippen molar-refractivity contribution >= 4 is 22.4 Å². The van der Waals surface area contributed by atoms with Crippen LogP contribution in [0.25, 0.3) is 10.6 Å². The quantitative estimate of drug-likeness (QED) is 0.777. The van der Waals surface area contributed by atoms with Gasteiger partial charge in [-0.2, -0.15) is 0 Å². The third-order valence-electron chi connectivity index (χ3n) is 2.85. The number of hydrogen-bond donors (Lipinski definition) is 0. The van der Waals surface area contributed by atoms with E-state index in [9.17, 15) is 4.79 Å². The van der Waals surface area contributed by atoms with Crippen molar-refractivity contribution in [2.24, 2.45) is 0 Å². The molecule has 2 heterocycles. The van der Waals surface area contributed by atoms with Crippen LogP contribution in [0.4, 0.5) is 9.80 Å². The first-order valence-corrected chi connectivity index (χ1v) is 8.12. The van der Waals surface area contributed by atoms with Crippen LogP contribution in [-0.4, -0.2) is 28.2 Å². The summed E-state index contributed by atoms with van der Waals surface area (Å²) in [5.74, 6) is 0. The van der Waals surface area contributed by atoms with Gasteiger partial charge in [0.15, 0.2) is 0 Å². The first kappa shape index (κ1) is 17.1. The number of hydrogen-bond acceptors (Lipinski definition) is 5. The lowest BCUT2D eigenvalue weighted by Gasteiger charge is -2.25. The highest BCUT2D eigenvalue weighted by Gasteiger charge is 2.26. The zero-order chi connectivity index (χ0) is 17.0. The van der Waals surface area contributed by atoms with Crippen LogP contribution in [0.5, 0.6) is 0 Å². The molecule has 23 heavy (non-hydrogen) atoms. The van der Waals surface area contributed by atoms with E-state index in [0.29, 0.717) is 6.54 Å². The zero-order valence-corrected chi connectivity index (χ0v) is 14.7. The molecule has 6 heteroatoms. The van der Waals surface area contributed by atoms with Crippen molar-refractivity contribution in [2.45, 2.75) is 33.3 Å². The molecular weight excluding hydrogens is 310 g/mol. The highest BCUT2D eigenvalue weighted by molar-refractivity contribution is 7.19. The summed E-state index contributed by atoms with van der Waals surface area (Å²) in [6.45, 7) is 11.5. The van der Waals surface area contributed by atoms with Gasteiger partial charge in [0, 0.05) is 24.5 Å². The minimum absolute atomic E-state index is 0.366. The number of nitrogens with zero attached hydrogens (tertiary/aromatic N) is 3. The maximum absolute atomic E-state index is 12.5. The molecule has 0 fully saturated rings. The second-order valence-electron chi connectivity index (χ2n) is 6.03. The van der Waals surface area contributed by atoms with E-state index < -0.39 is 11.7 Å². The molecule has 2 aromatic heterocycles. The molecule has 0 radical (unpaired) electrons. The molecule has 0 saturated carbocycles. The number of pyridine rings is 1. The molecule has 0 aliphatic rings. The van der Waals surface area contributed by atoms with Crippen LogP contribution < -0.4 is 4.90 Å². The third-order valence-corrected chi connectivity index (χ3v) is 4.08. The average Bonchev–Trinajstić information content (AvgIpc) is 2.85. The number of thiazole rings is 1. The summed E-state index contributed by atoms with van der Waals surface area (Å²) in [5.41, 5.74) is 1.15. The Morgan fingerprint density at radius 3 is 2.78 bits per heavy atom. The SMILES string of the molecule is C=CCN(C(=O)OC(C)(C)C)c1sc(-c2cccnc2)nc1C. The first-order chi connectivity index (χ1) is 10.8. The fourth-order valence-electron chi connectivity index (χ4n) is 1.94. The third kappa shape index (κ3) is 4.39. The van der Waals surface area contributed by atoms with Crippen molar-refractivity contribution in [1.29, 1.82) is 0 Å². The standard InChI is InChI=1S/C17H21N3O2S/c1-6-10-20(16(21)22-17(3,4)5)15-12(2)19-14(23-15)13-8-7-9-18-11-13/h6-9,11H,1,10H2,2-5H3. The fraction of sp³-hybridized carbons (Fsp3) is 0.353. The van der Waals surface area contributed by atoms with Gasteiger partial charge in [-0.05, 0) is 39.8 Å². The summed E-state index contributed by atoms with van der Waals surface area (Å²) >= 11 is 1.44. The van der Waals surface area contributed by atoms with Gasteiger partial charge in [-0.25, -0.2) is 9.78 Å². The topological polar surface area (TPSA) is 55.3 Å². The van der Waals surface area contributed by atoms with Crippen molar-refractivity contribution in [3.8, 4) is 10.6 Å². The monoisotopic (exact) mass is 331 g/mol. The minimum atomic E-state index is -0.554. The van der Waals surface area contributed by atoms with E-state index in [1.54, 1.807) is 23.4 Å². The lowest BCUT2D eigenvalue weighted by Crippen LogP contribution is -2.36. The molecule has 2 rings (SSSR count). The average molecular weight is 331 g/mol. The van der Waals surface area contributed by atoms with Crippen molar-refractivity contribution in [3.05, 3.63) is 42.9 Å². The minimum Gasteiger partial charge on any atom is -0.443 e. The fourth-order valence-corrected chi connectivity index (χ4v) is 2.99. The number of aromatic nitrogens is 2. The largest absolute Gasteiger partial charge is 0.443 e. The van der Waals surface area contributed by atoms with E-state index in [2.05, 4.69) is 16.5 Å². The molecule has 0 spiro atoms. The van der Waals surface area contributed by atoms with E-state index in [1.165, 1.54) is 11.3 Å². The molecule has 0 aliphatic heterocycles. The summed E-state index contributed by atoms with van der Waals surface area (Å²) < 4.78 is 5.48.